The average molecular weight is 201 g/mol. The predicted octanol–water partition coefficient (Wildman–Crippen LogP) is 3.27. The molecule has 0 saturated carbocycles. The highest BCUT2D eigenvalue weighted by atomic mass is 16.5. The first-order valence-corrected chi connectivity index (χ1v) is 5.23. The van der Waals surface area contributed by atoms with Crippen LogP contribution < -0.4 is 4.74 Å². The third-order valence-electron chi connectivity index (χ3n) is 2.16. The summed E-state index contributed by atoms with van der Waals surface area (Å²) in [5.41, 5.74) is 1.01. The number of nitrogens with zero attached hydrogens (tertiary/aromatic N) is 1. The molecular weight excluding hydrogens is 186 g/mol. The summed E-state index contributed by atoms with van der Waals surface area (Å²) in [5, 5.41) is 1.12. The Labute approximate surface area is 89.9 Å². The Morgan fingerprint density at radius 2 is 2.13 bits per heavy atom. The molecule has 2 rings (SSSR count). The van der Waals surface area contributed by atoms with Crippen molar-refractivity contribution in [3.05, 3.63) is 36.5 Å². The number of hydrogen-bond donors (Lipinski definition) is 0. The van der Waals surface area contributed by atoms with Gasteiger partial charge in [0.15, 0.2) is 0 Å². The van der Waals surface area contributed by atoms with E-state index in [1.165, 1.54) is 0 Å². The van der Waals surface area contributed by atoms with Crippen LogP contribution in [-0.2, 0) is 0 Å². The summed E-state index contributed by atoms with van der Waals surface area (Å²) in [7, 11) is 0. The minimum absolute atomic E-state index is 0.551. The Balaban J connectivity index is 2.23. The second-order valence-corrected chi connectivity index (χ2v) is 4.06. The second kappa shape index (κ2) is 4.30. The van der Waals surface area contributed by atoms with E-state index in [0.29, 0.717) is 5.92 Å². The van der Waals surface area contributed by atoms with Crippen LogP contribution in [0.1, 0.15) is 13.8 Å². The molecular formula is C13H15NO. The van der Waals surface area contributed by atoms with Gasteiger partial charge in [0.1, 0.15) is 5.75 Å². The van der Waals surface area contributed by atoms with E-state index < -0.39 is 0 Å². The smallest absolute Gasteiger partial charge is 0.120 e. The molecule has 15 heavy (non-hydrogen) atoms. The monoisotopic (exact) mass is 201 g/mol. The number of fused-ring (bicyclic) bond motifs is 1. The molecule has 2 aromatic rings. The summed E-state index contributed by atoms with van der Waals surface area (Å²) < 4.78 is 5.65. The molecule has 0 atom stereocenters. The van der Waals surface area contributed by atoms with Gasteiger partial charge in [0.05, 0.1) is 12.1 Å². The van der Waals surface area contributed by atoms with Crippen molar-refractivity contribution >= 4 is 10.9 Å². The maximum absolute atomic E-state index is 5.65. The van der Waals surface area contributed by atoms with E-state index in [9.17, 15) is 0 Å². The van der Waals surface area contributed by atoms with Crippen molar-refractivity contribution in [2.24, 2.45) is 5.92 Å². The molecule has 0 aliphatic rings. The van der Waals surface area contributed by atoms with Gasteiger partial charge < -0.3 is 4.74 Å². The first-order chi connectivity index (χ1) is 7.25. The highest BCUT2D eigenvalue weighted by Crippen LogP contribution is 2.19. The lowest BCUT2D eigenvalue weighted by Crippen LogP contribution is -2.04. The molecule has 2 nitrogen and oxygen atoms in total. The molecule has 0 radical (unpaired) electrons. The lowest BCUT2D eigenvalue weighted by atomic mass is 10.2. The zero-order valence-corrected chi connectivity index (χ0v) is 9.10. The van der Waals surface area contributed by atoms with E-state index in [1.807, 2.05) is 30.3 Å². The number of pyridine rings is 1. The highest BCUT2D eigenvalue weighted by Gasteiger charge is 1.99. The fourth-order valence-corrected chi connectivity index (χ4v) is 1.41. The molecule has 0 bridgehead atoms. The summed E-state index contributed by atoms with van der Waals surface area (Å²) in [6, 6.07) is 9.98. The van der Waals surface area contributed by atoms with Crippen LogP contribution in [0.2, 0.25) is 0 Å². The summed E-state index contributed by atoms with van der Waals surface area (Å²) in [4.78, 5) is 4.26. The normalized spacial score (nSPS) is 10.9. The second-order valence-electron chi connectivity index (χ2n) is 4.06. The van der Waals surface area contributed by atoms with Gasteiger partial charge in [-0.05, 0) is 30.2 Å². The Bertz CT molecular complexity index is 451. The van der Waals surface area contributed by atoms with Crippen LogP contribution in [-0.4, -0.2) is 11.6 Å². The van der Waals surface area contributed by atoms with Gasteiger partial charge >= 0.3 is 0 Å². The lowest BCUT2D eigenvalue weighted by molar-refractivity contribution is 0.271. The summed E-state index contributed by atoms with van der Waals surface area (Å²) in [5.74, 6) is 1.47. The van der Waals surface area contributed by atoms with Crippen molar-refractivity contribution in [2.45, 2.75) is 13.8 Å². The predicted molar refractivity (Wildman–Crippen MR) is 62.1 cm³/mol. The molecule has 0 aliphatic heterocycles. The van der Waals surface area contributed by atoms with Gasteiger partial charge in [-0.15, -0.1) is 0 Å². The standard InChI is InChI=1S/C13H15NO/c1-10(2)9-15-12-5-6-13-11(8-12)4-3-7-14-13/h3-8,10H,9H2,1-2H3. The van der Waals surface area contributed by atoms with Crippen molar-refractivity contribution in [1.82, 2.24) is 4.98 Å². The van der Waals surface area contributed by atoms with Gasteiger partial charge in [0.25, 0.3) is 0 Å². The minimum Gasteiger partial charge on any atom is -0.493 e. The van der Waals surface area contributed by atoms with Crippen molar-refractivity contribution in [3.8, 4) is 5.75 Å². The Hall–Kier alpha value is -1.57. The molecule has 1 heterocycles. The average Bonchev–Trinajstić information content (AvgIpc) is 2.26. The molecule has 78 valence electrons. The van der Waals surface area contributed by atoms with Crippen molar-refractivity contribution in [3.63, 3.8) is 0 Å². The Kier molecular flexibility index (Phi) is 2.86. The first kappa shape index (κ1) is 9.97. The number of rotatable bonds is 3. The fraction of sp³-hybridized carbons (Fsp3) is 0.308. The van der Waals surface area contributed by atoms with E-state index in [-0.39, 0.29) is 0 Å². The molecule has 0 aliphatic carbocycles. The van der Waals surface area contributed by atoms with Gasteiger partial charge in [0, 0.05) is 11.6 Å². The van der Waals surface area contributed by atoms with Gasteiger partial charge in [-0.3, -0.25) is 4.98 Å². The van der Waals surface area contributed by atoms with Crippen LogP contribution in [0.25, 0.3) is 10.9 Å². The van der Waals surface area contributed by atoms with E-state index in [4.69, 9.17) is 4.74 Å². The van der Waals surface area contributed by atoms with Crippen molar-refractivity contribution in [1.29, 1.82) is 0 Å². The summed E-state index contributed by atoms with van der Waals surface area (Å²) >= 11 is 0. The number of benzene rings is 1. The van der Waals surface area contributed by atoms with Crippen LogP contribution >= 0.6 is 0 Å². The molecule has 0 spiro atoms. The lowest BCUT2D eigenvalue weighted by Gasteiger charge is -2.08. The van der Waals surface area contributed by atoms with Crippen LogP contribution in [0.5, 0.6) is 5.75 Å². The third kappa shape index (κ3) is 2.46. The molecule has 0 amide bonds. The third-order valence-corrected chi connectivity index (χ3v) is 2.16. The first-order valence-electron chi connectivity index (χ1n) is 5.23. The molecule has 0 unspecified atom stereocenters. The SMILES string of the molecule is CC(C)COc1ccc2ncccc2c1. The zero-order valence-electron chi connectivity index (χ0n) is 9.10. The fourth-order valence-electron chi connectivity index (χ4n) is 1.41. The zero-order chi connectivity index (χ0) is 10.7. The minimum atomic E-state index is 0.551. The van der Waals surface area contributed by atoms with Gasteiger partial charge in [-0.25, -0.2) is 0 Å². The molecule has 0 N–H and O–H groups in total. The van der Waals surface area contributed by atoms with E-state index in [0.717, 1.165) is 23.3 Å². The van der Waals surface area contributed by atoms with Gasteiger partial charge in [0.2, 0.25) is 0 Å². The van der Waals surface area contributed by atoms with E-state index >= 15 is 0 Å². The quantitative estimate of drug-likeness (QED) is 0.760. The maximum atomic E-state index is 5.65. The number of aromatic nitrogens is 1. The van der Waals surface area contributed by atoms with Crippen LogP contribution in [0.3, 0.4) is 0 Å². The van der Waals surface area contributed by atoms with E-state index in [2.05, 4.69) is 18.8 Å². The molecule has 0 fully saturated rings. The molecule has 1 aromatic heterocycles. The van der Waals surface area contributed by atoms with Gasteiger partial charge in [-0.1, -0.05) is 19.9 Å². The Morgan fingerprint density at radius 1 is 1.27 bits per heavy atom. The number of hydrogen-bond acceptors (Lipinski definition) is 2. The van der Waals surface area contributed by atoms with E-state index in [1.54, 1.807) is 6.20 Å². The van der Waals surface area contributed by atoms with Crippen LogP contribution in [0.4, 0.5) is 0 Å². The largest absolute Gasteiger partial charge is 0.493 e. The highest BCUT2D eigenvalue weighted by molar-refractivity contribution is 5.79. The topological polar surface area (TPSA) is 22.1 Å². The summed E-state index contributed by atoms with van der Waals surface area (Å²) in [6.07, 6.45) is 1.80. The van der Waals surface area contributed by atoms with Crippen molar-refractivity contribution < 1.29 is 4.74 Å². The van der Waals surface area contributed by atoms with Crippen molar-refractivity contribution in [2.75, 3.05) is 6.61 Å². The molecule has 1 aromatic carbocycles. The van der Waals surface area contributed by atoms with Crippen LogP contribution in [0.15, 0.2) is 36.5 Å². The van der Waals surface area contributed by atoms with Gasteiger partial charge in [-0.2, -0.15) is 0 Å². The summed E-state index contributed by atoms with van der Waals surface area (Å²) in [6.45, 7) is 5.04. The number of ether oxygens (including phenoxy) is 1. The maximum Gasteiger partial charge on any atom is 0.120 e. The molecule has 2 heteroatoms. The Morgan fingerprint density at radius 3 is 2.93 bits per heavy atom. The van der Waals surface area contributed by atoms with Crippen LogP contribution in [0, 0.1) is 5.92 Å². The molecule has 0 saturated heterocycles.